The molecule has 84 valence electrons. The average molecular weight is 230 g/mol. The molecule has 0 spiro atoms. The second-order valence-corrected chi connectivity index (χ2v) is 3.47. The second kappa shape index (κ2) is 3.43. The summed E-state index contributed by atoms with van der Waals surface area (Å²) in [6.45, 7) is 0. The van der Waals surface area contributed by atoms with Crippen LogP contribution in [0.4, 0.5) is 17.6 Å². The standard InChI is InChI=1S/C11H6F4O/c12-8-4-2-6-1-3-7(5-16)11(14,15)9(6)10(8)13/h1-5,7H. The van der Waals surface area contributed by atoms with Gasteiger partial charge in [-0.2, -0.15) is 0 Å². The lowest BCUT2D eigenvalue weighted by molar-refractivity contribution is -0.122. The largest absolute Gasteiger partial charge is 0.302 e. The number of carbonyl (C=O) groups excluding carboxylic acids is 1. The number of fused-ring (bicyclic) bond motifs is 1. The smallest absolute Gasteiger partial charge is 0.289 e. The molecule has 1 atom stereocenters. The van der Waals surface area contributed by atoms with Gasteiger partial charge in [-0.25, -0.2) is 17.6 Å². The first-order chi connectivity index (χ1) is 7.48. The molecular weight excluding hydrogens is 224 g/mol. The molecule has 5 heteroatoms. The molecule has 1 nitrogen and oxygen atoms in total. The Morgan fingerprint density at radius 2 is 1.94 bits per heavy atom. The van der Waals surface area contributed by atoms with Crippen molar-refractivity contribution in [3.05, 3.63) is 41.0 Å². The van der Waals surface area contributed by atoms with Gasteiger partial charge >= 0.3 is 0 Å². The summed E-state index contributed by atoms with van der Waals surface area (Å²) in [6.07, 6.45) is 2.19. The Labute approximate surface area is 88.4 Å². The zero-order chi connectivity index (χ0) is 11.9. The number of rotatable bonds is 1. The Morgan fingerprint density at radius 1 is 1.25 bits per heavy atom. The summed E-state index contributed by atoms with van der Waals surface area (Å²) in [5.41, 5.74) is -1.16. The number of hydrogen-bond donors (Lipinski definition) is 0. The minimum atomic E-state index is -3.71. The monoisotopic (exact) mass is 230 g/mol. The van der Waals surface area contributed by atoms with Gasteiger partial charge in [0, 0.05) is 0 Å². The molecule has 0 N–H and O–H groups in total. The molecule has 1 aromatic carbocycles. The van der Waals surface area contributed by atoms with E-state index >= 15 is 0 Å². The lowest BCUT2D eigenvalue weighted by atomic mass is 9.86. The Hall–Kier alpha value is -1.65. The summed E-state index contributed by atoms with van der Waals surface area (Å²) in [5, 5.41) is 0. The third-order valence-electron chi connectivity index (χ3n) is 2.51. The lowest BCUT2D eigenvalue weighted by Crippen LogP contribution is -2.30. The normalized spacial score (nSPS) is 21.6. The van der Waals surface area contributed by atoms with Crippen LogP contribution in [-0.4, -0.2) is 6.29 Å². The number of allylic oxidation sites excluding steroid dienone is 1. The van der Waals surface area contributed by atoms with Crippen molar-refractivity contribution in [2.45, 2.75) is 5.92 Å². The van der Waals surface area contributed by atoms with Gasteiger partial charge in [0.25, 0.3) is 5.92 Å². The number of benzene rings is 1. The van der Waals surface area contributed by atoms with E-state index in [1.807, 2.05) is 0 Å². The summed E-state index contributed by atoms with van der Waals surface area (Å²) in [7, 11) is 0. The fraction of sp³-hybridized carbons (Fsp3) is 0.182. The summed E-state index contributed by atoms with van der Waals surface area (Å²) in [5.74, 6) is -8.41. The van der Waals surface area contributed by atoms with Gasteiger partial charge in [-0.05, 0) is 11.6 Å². The SMILES string of the molecule is O=CC1C=Cc2ccc(F)c(F)c2C1(F)F. The molecular formula is C11H6F4O. The number of carbonyl (C=O) groups is 1. The first-order valence-corrected chi connectivity index (χ1v) is 4.48. The first-order valence-electron chi connectivity index (χ1n) is 4.48. The van der Waals surface area contributed by atoms with Crippen LogP contribution in [0.2, 0.25) is 0 Å². The predicted octanol–water partition coefficient (Wildman–Crippen LogP) is 2.90. The van der Waals surface area contributed by atoms with Crippen LogP contribution < -0.4 is 0 Å². The predicted molar refractivity (Wildman–Crippen MR) is 48.8 cm³/mol. The fourth-order valence-electron chi connectivity index (χ4n) is 1.67. The van der Waals surface area contributed by atoms with Gasteiger partial charge in [0.2, 0.25) is 0 Å². The molecule has 16 heavy (non-hydrogen) atoms. The zero-order valence-electron chi connectivity index (χ0n) is 7.88. The molecule has 0 saturated heterocycles. The third kappa shape index (κ3) is 1.35. The van der Waals surface area contributed by atoms with Gasteiger partial charge in [0.15, 0.2) is 11.6 Å². The van der Waals surface area contributed by atoms with E-state index in [2.05, 4.69) is 0 Å². The van der Waals surface area contributed by atoms with E-state index in [4.69, 9.17) is 0 Å². The third-order valence-corrected chi connectivity index (χ3v) is 2.51. The highest BCUT2D eigenvalue weighted by atomic mass is 19.3. The minimum Gasteiger partial charge on any atom is -0.302 e. The van der Waals surface area contributed by atoms with Gasteiger partial charge < -0.3 is 4.79 Å². The van der Waals surface area contributed by atoms with Crippen LogP contribution in [0.1, 0.15) is 11.1 Å². The van der Waals surface area contributed by atoms with E-state index in [1.54, 1.807) is 0 Å². The van der Waals surface area contributed by atoms with Gasteiger partial charge in [0.1, 0.15) is 12.2 Å². The van der Waals surface area contributed by atoms with Crippen molar-refractivity contribution >= 4 is 12.4 Å². The second-order valence-electron chi connectivity index (χ2n) is 3.47. The number of hydrogen-bond acceptors (Lipinski definition) is 1. The van der Waals surface area contributed by atoms with Crippen LogP contribution in [0.3, 0.4) is 0 Å². The highest BCUT2D eigenvalue weighted by Gasteiger charge is 2.46. The molecule has 2 rings (SSSR count). The van der Waals surface area contributed by atoms with Gasteiger partial charge in [0.05, 0.1) is 5.56 Å². The molecule has 0 bridgehead atoms. The van der Waals surface area contributed by atoms with Crippen LogP contribution in [0.15, 0.2) is 18.2 Å². The molecule has 1 unspecified atom stereocenters. The summed E-state index contributed by atoms with van der Waals surface area (Å²) in [6, 6.07) is 1.83. The van der Waals surface area contributed by atoms with E-state index in [0.29, 0.717) is 0 Å². The molecule has 0 aromatic heterocycles. The van der Waals surface area contributed by atoms with Crippen molar-refractivity contribution < 1.29 is 22.4 Å². The number of aldehydes is 1. The maximum Gasteiger partial charge on any atom is 0.289 e. The van der Waals surface area contributed by atoms with Gasteiger partial charge in [-0.1, -0.05) is 18.2 Å². The van der Waals surface area contributed by atoms with E-state index < -0.39 is 29.0 Å². The Bertz CT molecular complexity index is 479. The van der Waals surface area contributed by atoms with E-state index in [1.165, 1.54) is 6.08 Å². The molecule has 0 aliphatic heterocycles. The summed E-state index contributed by atoms with van der Waals surface area (Å²) in [4.78, 5) is 10.4. The molecule has 0 amide bonds. The maximum atomic E-state index is 13.6. The minimum absolute atomic E-state index is 0.0176. The van der Waals surface area contributed by atoms with Crippen molar-refractivity contribution in [2.24, 2.45) is 5.92 Å². The Balaban J connectivity index is 2.72. The lowest BCUT2D eigenvalue weighted by Gasteiger charge is -2.26. The van der Waals surface area contributed by atoms with E-state index in [9.17, 15) is 22.4 Å². The highest BCUT2D eigenvalue weighted by molar-refractivity contribution is 5.69. The molecule has 1 aliphatic carbocycles. The molecule has 0 saturated carbocycles. The Morgan fingerprint density at radius 3 is 2.56 bits per heavy atom. The molecule has 0 fully saturated rings. The number of halogens is 4. The van der Waals surface area contributed by atoms with Crippen LogP contribution in [0, 0.1) is 17.6 Å². The topological polar surface area (TPSA) is 17.1 Å². The first kappa shape index (κ1) is 10.9. The molecule has 0 heterocycles. The van der Waals surface area contributed by atoms with Gasteiger partial charge in [-0.15, -0.1) is 0 Å². The van der Waals surface area contributed by atoms with E-state index in [0.717, 1.165) is 18.2 Å². The van der Waals surface area contributed by atoms with Crippen LogP contribution in [0.5, 0.6) is 0 Å². The van der Waals surface area contributed by atoms with Crippen molar-refractivity contribution in [3.8, 4) is 0 Å². The molecule has 0 radical (unpaired) electrons. The van der Waals surface area contributed by atoms with Crippen molar-refractivity contribution in [1.82, 2.24) is 0 Å². The summed E-state index contributed by atoms with van der Waals surface area (Å²) >= 11 is 0. The quantitative estimate of drug-likeness (QED) is 0.535. The fourth-order valence-corrected chi connectivity index (χ4v) is 1.67. The zero-order valence-corrected chi connectivity index (χ0v) is 7.88. The van der Waals surface area contributed by atoms with Crippen LogP contribution >= 0.6 is 0 Å². The highest BCUT2D eigenvalue weighted by Crippen LogP contribution is 2.43. The van der Waals surface area contributed by atoms with Crippen molar-refractivity contribution in [3.63, 3.8) is 0 Å². The number of alkyl halides is 2. The molecule has 1 aliphatic rings. The molecule has 1 aromatic rings. The van der Waals surface area contributed by atoms with Gasteiger partial charge in [-0.3, -0.25) is 0 Å². The van der Waals surface area contributed by atoms with E-state index in [-0.39, 0.29) is 11.8 Å². The summed E-state index contributed by atoms with van der Waals surface area (Å²) < 4.78 is 53.4. The van der Waals surface area contributed by atoms with Crippen LogP contribution in [-0.2, 0) is 10.7 Å². The van der Waals surface area contributed by atoms with Crippen molar-refractivity contribution in [1.29, 1.82) is 0 Å². The van der Waals surface area contributed by atoms with Crippen molar-refractivity contribution in [2.75, 3.05) is 0 Å². The van der Waals surface area contributed by atoms with Crippen LogP contribution in [0.25, 0.3) is 6.08 Å². The maximum absolute atomic E-state index is 13.6. The average Bonchev–Trinajstić information content (AvgIpc) is 2.22. The Kier molecular flexibility index (Phi) is 2.33.